The van der Waals surface area contributed by atoms with Crippen molar-refractivity contribution in [1.82, 2.24) is 0 Å². The van der Waals surface area contributed by atoms with Crippen molar-refractivity contribution in [3.05, 3.63) is 0 Å². The van der Waals surface area contributed by atoms with E-state index in [2.05, 4.69) is 0 Å². The van der Waals surface area contributed by atoms with Gasteiger partial charge in [-0.15, -0.1) is 0 Å². The van der Waals surface area contributed by atoms with Crippen molar-refractivity contribution in [2.45, 2.75) is 0 Å². The van der Waals surface area contributed by atoms with Crippen LogP contribution in [0.5, 0.6) is 0 Å². The van der Waals surface area contributed by atoms with E-state index in [9.17, 15) is 16.8 Å². The number of hydrogen-bond acceptors (Lipinski definition) is 6. The summed E-state index contributed by atoms with van der Waals surface area (Å²) in [4.78, 5) is 0. The van der Waals surface area contributed by atoms with Gasteiger partial charge >= 0.3 is 18.3 Å². The third-order valence-electron chi connectivity index (χ3n) is 0.200. The van der Waals surface area contributed by atoms with E-state index in [1.807, 2.05) is 0 Å². The Labute approximate surface area is 121 Å². The molecule has 0 aromatic heterocycles. The van der Waals surface area contributed by atoms with Crippen LogP contribution in [-0.4, -0.2) is 85.1 Å². The molecule has 0 aromatic carbocycles. The van der Waals surface area contributed by atoms with Gasteiger partial charge in [0.25, 0.3) is 0 Å². The first kappa shape index (κ1) is 20.0. The van der Waals surface area contributed by atoms with Crippen molar-refractivity contribution < 1.29 is 25.9 Å². The zero-order valence-electron chi connectivity index (χ0n) is 6.16. The van der Waals surface area contributed by atoms with E-state index >= 15 is 0 Å². The first-order chi connectivity index (χ1) is 4.21. The predicted octanol–water partition coefficient (Wildman–Crippen LogP) is -0.788. The van der Waals surface area contributed by atoms with Crippen LogP contribution >= 0.6 is 19.7 Å². The quantitative estimate of drug-likeness (QED) is 0.391. The van der Waals surface area contributed by atoms with Crippen LogP contribution in [0.3, 0.4) is 0 Å². The fourth-order valence-electron chi connectivity index (χ4n) is 0.0702. The van der Waals surface area contributed by atoms with Crippen LogP contribution < -0.4 is 0 Å². The maximum absolute atomic E-state index is 9.80. The molecular formula is H2Na2O6S4. The Morgan fingerprint density at radius 3 is 1.00 bits per heavy atom. The average molecular weight is 272 g/mol. The number of rotatable bonds is 3. The molecule has 0 amide bonds. The Morgan fingerprint density at radius 1 is 0.750 bits per heavy atom. The molecule has 2 N–H and O–H groups in total. The van der Waals surface area contributed by atoms with Crippen LogP contribution in [0, 0.1) is 0 Å². The van der Waals surface area contributed by atoms with Gasteiger partial charge in [0.15, 0.2) is 0 Å². The molecule has 0 aliphatic rings. The second kappa shape index (κ2) is 7.77. The maximum Gasteiger partial charge on any atom is 0.330 e. The normalized spacial score (nSPS) is 11.2. The average Bonchev–Trinajstić information content (AvgIpc) is 1.57. The Balaban J connectivity index is -0.000000405. The summed E-state index contributed by atoms with van der Waals surface area (Å²) in [7, 11) is -9.54. The topological polar surface area (TPSA) is 109 Å². The van der Waals surface area contributed by atoms with Crippen LogP contribution in [0.1, 0.15) is 0 Å². The molecule has 0 unspecified atom stereocenters. The summed E-state index contributed by atoms with van der Waals surface area (Å²) in [5.41, 5.74) is 0. The van der Waals surface area contributed by atoms with Gasteiger partial charge in [0.1, 0.15) is 0 Å². The molecule has 12 heteroatoms. The van der Waals surface area contributed by atoms with Crippen LogP contribution in [0.2, 0.25) is 0 Å². The molecule has 0 rings (SSSR count). The van der Waals surface area contributed by atoms with Crippen molar-refractivity contribution in [3.8, 4) is 0 Å². The summed E-state index contributed by atoms with van der Waals surface area (Å²) in [6.45, 7) is 0. The summed E-state index contributed by atoms with van der Waals surface area (Å²) in [6.07, 6.45) is 0. The van der Waals surface area contributed by atoms with Gasteiger partial charge in [-0.2, -0.15) is 16.8 Å². The molecule has 0 aliphatic carbocycles. The molecule has 0 aromatic rings. The molecule has 0 spiro atoms. The summed E-state index contributed by atoms with van der Waals surface area (Å²) >= 11 is 0. The predicted molar refractivity (Wildman–Crippen MR) is 49.8 cm³/mol. The van der Waals surface area contributed by atoms with E-state index in [0.29, 0.717) is 0 Å². The molecule has 0 heterocycles. The third kappa shape index (κ3) is 18.3. The summed E-state index contributed by atoms with van der Waals surface area (Å²) in [5.74, 6) is 0. The largest absolute Gasteiger partial charge is 0.330 e. The third-order valence-corrected chi connectivity index (χ3v) is 6.89. The zero-order chi connectivity index (χ0) is 8.41. The Hall–Kier alpha value is 2.52. The smallest absolute Gasteiger partial charge is 0.277 e. The van der Waals surface area contributed by atoms with Crippen LogP contribution in [0.4, 0.5) is 0 Å². The van der Waals surface area contributed by atoms with E-state index < -0.39 is 18.3 Å². The van der Waals surface area contributed by atoms with Crippen LogP contribution in [-0.2, 0) is 18.3 Å². The molecule has 0 aliphatic heterocycles. The minimum Gasteiger partial charge on any atom is -0.277 e. The van der Waals surface area contributed by atoms with Gasteiger partial charge in [-0.3, -0.25) is 9.11 Å². The Kier molecular flexibility index (Phi) is 12.9. The first-order valence-corrected chi connectivity index (χ1v) is 7.60. The van der Waals surface area contributed by atoms with Crippen molar-refractivity contribution in [2.24, 2.45) is 0 Å². The second-order valence-electron chi connectivity index (χ2n) is 0.992. The number of hydrogen-bond donors (Lipinski definition) is 2. The van der Waals surface area contributed by atoms with Gasteiger partial charge < -0.3 is 0 Å². The van der Waals surface area contributed by atoms with E-state index in [4.69, 9.17) is 9.11 Å². The maximum atomic E-state index is 9.80. The van der Waals surface area contributed by atoms with Gasteiger partial charge in [-0.05, 0) is 0 Å². The monoisotopic (exact) mass is 272 g/mol. The summed E-state index contributed by atoms with van der Waals surface area (Å²) in [5, 5.41) is 0. The van der Waals surface area contributed by atoms with Crippen molar-refractivity contribution in [3.63, 3.8) is 0 Å². The molecule has 6 nitrogen and oxygen atoms in total. The minimum atomic E-state index is -4.42. The van der Waals surface area contributed by atoms with E-state index in [1.165, 1.54) is 0 Å². The summed E-state index contributed by atoms with van der Waals surface area (Å²) < 4.78 is 55.0. The standard InChI is InChI=1S/2Na.H2O6S4/c;;1-9(2,3)7-8-10(4,5)6/h;;(H,1,2,3)(H,4,5,6). The van der Waals surface area contributed by atoms with E-state index in [-0.39, 0.29) is 78.8 Å². The Bertz CT molecular complexity index is 254. The molecule has 12 heavy (non-hydrogen) atoms. The molecule has 0 bridgehead atoms. The molecule has 2 radical (unpaired) electrons. The minimum absolute atomic E-state index is 0. The SMILES string of the molecule is O=S(=O)(O)SSS(=O)(=O)O.[Na].[Na]. The zero-order valence-corrected chi connectivity index (χ0v) is 13.4. The van der Waals surface area contributed by atoms with Crippen LogP contribution in [0.25, 0.3) is 0 Å². The Morgan fingerprint density at radius 2 is 0.917 bits per heavy atom. The van der Waals surface area contributed by atoms with Gasteiger partial charge in [-0.25, -0.2) is 0 Å². The van der Waals surface area contributed by atoms with Crippen molar-refractivity contribution in [2.75, 3.05) is 0 Å². The molecule has 0 saturated heterocycles. The van der Waals surface area contributed by atoms with Gasteiger partial charge in [0, 0.05) is 59.1 Å². The second-order valence-corrected chi connectivity index (χ2v) is 8.77. The molecule has 64 valence electrons. The molecular weight excluding hydrogens is 270 g/mol. The summed E-state index contributed by atoms with van der Waals surface area (Å²) in [6, 6.07) is 0. The molecule has 0 fully saturated rings. The van der Waals surface area contributed by atoms with Gasteiger partial charge in [-0.1, -0.05) is 0 Å². The fraction of sp³-hybridized carbons (Fsp3) is 0. The first-order valence-electron chi connectivity index (χ1n) is 1.53. The van der Waals surface area contributed by atoms with Crippen molar-refractivity contribution in [1.29, 1.82) is 0 Å². The van der Waals surface area contributed by atoms with Gasteiger partial charge in [0.05, 0.1) is 19.7 Å². The van der Waals surface area contributed by atoms with Crippen molar-refractivity contribution >= 4 is 97.1 Å². The van der Waals surface area contributed by atoms with Gasteiger partial charge in [0.2, 0.25) is 0 Å². The molecule has 0 atom stereocenters. The van der Waals surface area contributed by atoms with Crippen LogP contribution in [0.15, 0.2) is 0 Å². The van der Waals surface area contributed by atoms with E-state index in [1.54, 1.807) is 0 Å². The molecule has 0 saturated carbocycles. The fourth-order valence-corrected chi connectivity index (χ4v) is 5.69. The van der Waals surface area contributed by atoms with E-state index in [0.717, 1.165) is 0 Å².